The molecule has 3 heteroatoms. The summed E-state index contributed by atoms with van der Waals surface area (Å²) in [6.45, 7) is 6.91. The fourth-order valence-electron chi connectivity index (χ4n) is 1.74. The maximum absolute atomic E-state index is 11.0. The van der Waals surface area contributed by atoms with Gasteiger partial charge < -0.3 is 14.3 Å². The summed E-state index contributed by atoms with van der Waals surface area (Å²) in [6.07, 6.45) is 5.29. The van der Waals surface area contributed by atoms with Crippen molar-refractivity contribution in [3.63, 3.8) is 0 Å². The topological polar surface area (TPSA) is 35.5 Å². The van der Waals surface area contributed by atoms with E-state index in [1.165, 1.54) is 0 Å². The molecule has 2 rings (SSSR count). The largest absolute Gasteiger partial charge is 0.385 e. The summed E-state index contributed by atoms with van der Waals surface area (Å²) in [5.41, 5.74) is 0.828. The van der Waals surface area contributed by atoms with E-state index in [0.717, 1.165) is 29.2 Å². The molecule has 0 N–H and O–H groups in total. The smallest absolute Gasteiger partial charge is 0.153 e. The molecular formula is C20H26O3. The molecule has 0 aliphatic rings. The summed E-state index contributed by atoms with van der Waals surface area (Å²) in [7, 11) is 1.68. The van der Waals surface area contributed by atoms with Crippen molar-refractivity contribution in [2.75, 3.05) is 20.3 Å². The molecule has 0 spiro atoms. The number of terminal acetylenes is 1. The second-order valence-electron chi connectivity index (χ2n) is 4.26. The van der Waals surface area contributed by atoms with Crippen LogP contribution < -0.4 is 0 Å². The molecule has 0 bridgehead atoms. The second-order valence-corrected chi connectivity index (χ2v) is 4.26. The highest BCUT2D eigenvalue weighted by Gasteiger charge is 2.10. The van der Waals surface area contributed by atoms with E-state index >= 15 is 0 Å². The van der Waals surface area contributed by atoms with Crippen molar-refractivity contribution in [3.8, 4) is 12.3 Å². The SMILES string of the molecule is C#CCOC(C=O)c1ccc2ccccc2c1.CC.CCOC. The van der Waals surface area contributed by atoms with E-state index in [1.807, 2.05) is 63.2 Å². The van der Waals surface area contributed by atoms with Crippen molar-refractivity contribution >= 4 is 17.1 Å². The number of carbonyl (C=O) groups excluding carboxylic acids is 1. The Labute approximate surface area is 139 Å². The van der Waals surface area contributed by atoms with Crippen LogP contribution in [0.25, 0.3) is 10.8 Å². The summed E-state index contributed by atoms with van der Waals surface area (Å²) in [4.78, 5) is 11.0. The lowest BCUT2D eigenvalue weighted by molar-refractivity contribution is -0.117. The summed E-state index contributed by atoms with van der Waals surface area (Å²) in [5.74, 6) is 2.36. The molecule has 2 aromatic carbocycles. The molecule has 0 saturated heterocycles. The minimum atomic E-state index is -0.587. The lowest BCUT2D eigenvalue weighted by atomic mass is 10.0. The van der Waals surface area contributed by atoms with E-state index in [1.54, 1.807) is 7.11 Å². The van der Waals surface area contributed by atoms with Crippen LogP contribution in [0.1, 0.15) is 32.4 Å². The maximum atomic E-state index is 11.0. The van der Waals surface area contributed by atoms with Crippen molar-refractivity contribution in [3.05, 3.63) is 48.0 Å². The number of methoxy groups -OCH3 is 1. The Morgan fingerprint density at radius 1 is 1.17 bits per heavy atom. The van der Waals surface area contributed by atoms with Crippen LogP contribution >= 0.6 is 0 Å². The average Bonchev–Trinajstić information content (AvgIpc) is 2.64. The predicted octanol–water partition coefficient (Wildman–Crippen LogP) is 4.41. The Kier molecular flexibility index (Phi) is 12.2. The molecule has 0 heterocycles. The monoisotopic (exact) mass is 314 g/mol. The van der Waals surface area contributed by atoms with E-state index in [-0.39, 0.29) is 6.61 Å². The van der Waals surface area contributed by atoms with E-state index in [9.17, 15) is 4.79 Å². The molecule has 1 atom stereocenters. The van der Waals surface area contributed by atoms with Gasteiger partial charge in [-0.2, -0.15) is 0 Å². The zero-order valence-electron chi connectivity index (χ0n) is 14.4. The number of benzene rings is 2. The van der Waals surface area contributed by atoms with Crippen molar-refractivity contribution in [1.82, 2.24) is 0 Å². The quantitative estimate of drug-likeness (QED) is 0.606. The van der Waals surface area contributed by atoms with Gasteiger partial charge in [-0.1, -0.05) is 56.2 Å². The van der Waals surface area contributed by atoms with E-state index < -0.39 is 6.10 Å². The Hall–Kier alpha value is -2.15. The summed E-state index contributed by atoms with van der Waals surface area (Å²) in [5, 5.41) is 2.22. The molecule has 2 aromatic rings. The van der Waals surface area contributed by atoms with Gasteiger partial charge in [0.1, 0.15) is 12.7 Å². The van der Waals surface area contributed by atoms with Gasteiger partial charge in [-0.05, 0) is 29.3 Å². The number of ether oxygens (including phenoxy) is 2. The molecule has 0 aliphatic heterocycles. The van der Waals surface area contributed by atoms with Crippen molar-refractivity contribution in [2.24, 2.45) is 0 Å². The highest BCUT2D eigenvalue weighted by Crippen LogP contribution is 2.21. The van der Waals surface area contributed by atoms with E-state index in [4.69, 9.17) is 11.2 Å². The molecule has 0 amide bonds. The number of hydrogen-bond acceptors (Lipinski definition) is 3. The molecule has 0 aromatic heterocycles. The molecule has 0 radical (unpaired) electrons. The summed E-state index contributed by atoms with van der Waals surface area (Å²) < 4.78 is 9.81. The zero-order chi connectivity index (χ0) is 17.5. The normalized spacial score (nSPS) is 10.4. The second kappa shape index (κ2) is 13.5. The van der Waals surface area contributed by atoms with Gasteiger partial charge in [0.15, 0.2) is 6.29 Å². The lowest BCUT2D eigenvalue weighted by Crippen LogP contribution is -2.05. The fourth-order valence-corrected chi connectivity index (χ4v) is 1.74. The maximum Gasteiger partial charge on any atom is 0.153 e. The third-order valence-electron chi connectivity index (χ3n) is 2.86. The first-order valence-corrected chi connectivity index (χ1v) is 7.74. The minimum absolute atomic E-state index is 0.135. The van der Waals surface area contributed by atoms with Gasteiger partial charge >= 0.3 is 0 Å². The van der Waals surface area contributed by atoms with Gasteiger partial charge in [0.2, 0.25) is 0 Å². The number of hydrogen-bond donors (Lipinski definition) is 0. The third kappa shape index (κ3) is 7.60. The van der Waals surface area contributed by atoms with Crippen LogP contribution in [0, 0.1) is 12.3 Å². The standard InChI is InChI=1S/C15H12O2.C3H8O.C2H6/c1-2-9-17-15(11-16)14-8-7-12-5-3-4-6-13(12)10-14;1-3-4-2;1-2/h1,3-8,10-11,15H,9H2;3H2,1-2H3;1-2H3. The van der Waals surface area contributed by atoms with Crippen LogP contribution in [0.15, 0.2) is 42.5 Å². The van der Waals surface area contributed by atoms with Gasteiger partial charge in [0.25, 0.3) is 0 Å². The molecule has 124 valence electrons. The number of carbonyl (C=O) groups is 1. The molecule has 23 heavy (non-hydrogen) atoms. The van der Waals surface area contributed by atoms with Gasteiger partial charge in [-0.3, -0.25) is 0 Å². The van der Waals surface area contributed by atoms with Gasteiger partial charge in [-0.15, -0.1) is 6.42 Å². The van der Waals surface area contributed by atoms with Crippen molar-refractivity contribution < 1.29 is 14.3 Å². The van der Waals surface area contributed by atoms with Crippen LogP contribution in [-0.4, -0.2) is 26.6 Å². The average molecular weight is 314 g/mol. The van der Waals surface area contributed by atoms with E-state index in [0.29, 0.717) is 0 Å². The van der Waals surface area contributed by atoms with Gasteiger partial charge in [-0.25, -0.2) is 0 Å². The first kappa shape index (κ1) is 20.9. The van der Waals surface area contributed by atoms with Gasteiger partial charge in [0, 0.05) is 13.7 Å². The number of aldehydes is 1. The molecule has 0 fully saturated rings. The molecule has 0 aliphatic carbocycles. The van der Waals surface area contributed by atoms with Crippen molar-refractivity contribution in [2.45, 2.75) is 26.9 Å². The van der Waals surface area contributed by atoms with E-state index in [2.05, 4.69) is 10.7 Å². The summed E-state index contributed by atoms with van der Waals surface area (Å²) >= 11 is 0. The third-order valence-corrected chi connectivity index (χ3v) is 2.86. The first-order valence-electron chi connectivity index (χ1n) is 7.74. The van der Waals surface area contributed by atoms with Crippen LogP contribution in [0.4, 0.5) is 0 Å². The molecule has 0 saturated carbocycles. The van der Waals surface area contributed by atoms with Gasteiger partial charge in [0.05, 0.1) is 0 Å². The van der Waals surface area contributed by atoms with Crippen LogP contribution in [0.3, 0.4) is 0 Å². The molecular weight excluding hydrogens is 288 g/mol. The number of fused-ring (bicyclic) bond motifs is 1. The highest BCUT2D eigenvalue weighted by atomic mass is 16.5. The predicted molar refractivity (Wildman–Crippen MR) is 96.4 cm³/mol. The fraction of sp³-hybridized carbons (Fsp3) is 0.350. The lowest BCUT2D eigenvalue weighted by Gasteiger charge is -2.11. The Morgan fingerprint density at radius 3 is 2.30 bits per heavy atom. The molecule has 1 unspecified atom stereocenters. The summed E-state index contributed by atoms with van der Waals surface area (Å²) in [6, 6.07) is 13.8. The van der Waals surface area contributed by atoms with Crippen molar-refractivity contribution in [1.29, 1.82) is 0 Å². The minimum Gasteiger partial charge on any atom is -0.385 e. The Balaban J connectivity index is 0.000000705. The highest BCUT2D eigenvalue weighted by molar-refractivity contribution is 5.83. The van der Waals surface area contributed by atoms with Crippen LogP contribution in [0.5, 0.6) is 0 Å². The molecule has 3 nitrogen and oxygen atoms in total. The zero-order valence-corrected chi connectivity index (χ0v) is 14.4. The first-order chi connectivity index (χ1) is 11.3. The van der Waals surface area contributed by atoms with Crippen LogP contribution in [0.2, 0.25) is 0 Å². The Morgan fingerprint density at radius 2 is 1.78 bits per heavy atom. The van der Waals surface area contributed by atoms with Crippen LogP contribution in [-0.2, 0) is 14.3 Å². The number of rotatable bonds is 5. The Bertz CT molecular complexity index is 597.